The molecule has 0 aliphatic carbocycles. The SMILES string of the molecule is Cc1ccc(C)c(-n2nc(-c3cncc(Br)c3)c3c2NCC3)c1. The van der Waals surface area contributed by atoms with Crippen LogP contribution in [0.2, 0.25) is 0 Å². The van der Waals surface area contributed by atoms with Crippen LogP contribution in [0.5, 0.6) is 0 Å². The van der Waals surface area contributed by atoms with Gasteiger partial charge in [0.2, 0.25) is 0 Å². The zero-order chi connectivity index (χ0) is 16.0. The van der Waals surface area contributed by atoms with Crippen molar-refractivity contribution in [1.82, 2.24) is 14.8 Å². The number of hydrogen-bond donors (Lipinski definition) is 1. The van der Waals surface area contributed by atoms with E-state index in [0.29, 0.717) is 0 Å². The first-order valence-electron chi connectivity index (χ1n) is 7.68. The minimum atomic E-state index is 0.951. The predicted molar refractivity (Wildman–Crippen MR) is 96.2 cm³/mol. The summed E-state index contributed by atoms with van der Waals surface area (Å²) in [4.78, 5) is 4.28. The van der Waals surface area contributed by atoms with E-state index in [9.17, 15) is 0 Å². The molecule has 0 fully saturated rings. The van der Waals surface area contributed by atoms with Crippen LogP contribution >= 0.6 is 15.9 Å². The van der Waals surface area contributed by atoms with Gasteiger partial charge < -0.3 is 5.32 Å². The molecule has 2 aromatic heterocycles. The summed E-state index contributed by atoms with van der Waals surface area (Å²) in [5.74, 6) is 1.11. The molecule has 0 unspecified atom stereocenters. The molecule has 5 heteroatoms. The average molecular weight is 369 g/mol. The summed E-state index contributed by atoms with van der Waals surface area (Å²) in [5, 5.41) is 8.40. The fraction of sp³-hybridized carbons (Fsp3) is 0.222. The molecule has 4 nitrogen and oxygen atoms in total. The molecule has 23 heavy (non-hydrogen) atoms. The van der Waals surface area contributed by atoms with Crippen molar-refractivity contribution in [1.29, 1.82) is 0 Å². The molecule has 0 spiro atoms. The third-order valence-corrected chi connectivity index (χ3v) is 4.66. The van der Waals surface area contributed by atoms with Crippen LogP contribution < -0.4 is 5.32 Å². The lowest BCUT2D eigenvalue weighted by molar-refractivity contribution is 0.873. The molecule has 116 valence electrons. The average Bonchev–Trinajstić information content (AvgIpc) is 3.12. The van der Waals surface area contributed by atoms with Crippen molar-refractivity contribution in [2.45, 2.75) is 20.3 Å². The number of hydrogen-bond acceptors (Lipinski definition) is 3. The van der Waals surface area contributed by atoms with E-state index in [4.69, 9.17) is 5.10 Å². The van der Waals surface area contributed by atoms with Crippen LogP contribution in [0.4, 0.5) is 5.82 Å². The molecular formula is C18H17BrN4. The Kier molecular flexibility index (Phi) is 3.45. The topological polar surface area (TPSA) is 42.7 Å². The lowest BCUT2D eigenvalue weighted by Gasteiger charge is -2.10. The minimum absolute atomic E-state index is 0.951. The number of fused-ring (bicyclic) bond motifs is 1. The van der Waals surface area contributed by atoms with Crippen LogP contribution in [0.25, 0.3) is 16.9 Å². The molecule has 4 rings (SSSR count). The third-order valence-electron chi connectivity index (χ3n) is 4.22. The fourth-order valence-electron chi connectivity index (χ4n) is 3.07. The van der Waals surface area contributed by atoms with Crippen LogP contribution in [0, 0.1) is 13.8 Å². The quantitative estimate of drug-likeness (QED) is 0.733. The van der Waals surface area contributed by atoms with Gasteiger partial charge in [-0.15, -0.1) is 0 Å². The number of nitrogens with zero attached hydrogens (tertiary/aromatic N) is 3. The highest BCUT2D eigenvalue weighted by Gasteiger charge is 2.24. The molecule has 0 bridgehead atoms. The van der Waals surface area contributed by atoms with E-state index in [1.54, 1.807) is 6.20 Å². The van der Waals surface area contributed by atoms with E-state index in [-0.39, 0.29) is 0 Å². The Hall–Kier alpha value is -2.14. The highest BCUT2D eigenvalue weighted by Crippen LogP contribution is 2.35. The first kappa shape index (κ1) is 14.5. The molecule has 0 atom stereocenters. The van der Waals surface area contributed by atoms with Crippen LogP contribution in [-0.2, 0) is 6.42 Å². The van der Waals surface area contributed by atoms with Gasteiger partial charge in [-0.2, -0.15) is 5.10 Å². The van der Waals surface area contributed by atoms with Crippen LogP contribution in [0.3, 0.4) is 0 Å². The summed E-state index contributed by atoms with van der Waals surface area (Å²) in [5.41, 5.74) is 6.91. The lowest BCUT2D eigenvalue weighted by Crippen LogP contribution is -2.06. The molecule has 3 heterocycles. The van der Waals surface area contributed by atoms with Gasteiger partial charge >= 0.3 is 0 Å². The number of anilines is 1. The number of pyridine rings is 1. The Morgan fingerprint density at radius 1 is 1.17 bits per heavy atom. The maximum atomic E-state index is 4.91. The van der Waals surface area contributed by atoms with Crippen molar-refractivity contribution < 1.29 is 0 Å². The van der Waals surface area contributed by atoms with Gasteiger partial charge in [-0.1, -0.05) is 12.1 Å². The van der Waals surface area contributed by atoms with E-state index >= 15 is 0 Å². The van der Waals surface area contributed by atoms with Gasteiger partial charge in [0.25, 0.3) is 0 Å². The molecule has 3 aromatic rings. The first-order chi connectivity index (χ1) is 11.1. The van der Waals surface area contributed by atoms with E-state index in [0.717, 1.165) is 40.2 Å². The molecule has 1 N–H and O–H groups in total. The van der Waals surface area contributed by atoms with Crippen molar-refractivity contribution in [2.75, 3.05) is 11.9 Å². The van der Waals surface area contributed by atoms with Gasteiger partial charge in [-0.25, -0.2) is 4.68 Å². The summed E-state index contributed by atoms with van der Waals surface area (Å²) in [6.07, 6.45) is 4.66. The van der Waals surface area contributed by atoms with Gasteiger partial charge in [-0.3, -0.25) is 4.98 Å². The number of nitrogens with one attached hydrogen (secondary N) is 1. The Balaban J connectivity index is 1.93. The van der Waals surface area contributed by atoms with Gasteiger partial charge in [-0.05, 0) is 59.5 Å². The standard InChI is InChI=1S/C18H17BrN4/c1-11-3-4-12(2)16(7-11)23-18-15(5-6-21-18)17(22-23)13-8-14(19)10-20-9-13/h3-4,7-10,21H,5-6H2,1-2H3. The fourth-order valence-corrected chi connectivity index (χ4v) is 3.43. The number of halogens is 1. The lowest BCUT2D eigenvalue weighted by atomic mass is 10.1. The Labute approximate surface area is 143 Å². The van der Waals surface area contributed by atoms with Crippen molar-refractivity contribution in [3.63, 3.8) is 0 Å². The normalized spacial score (nSPS) is 13.0. The van der Waals surface area contributed by atoms with Gasteiger partial charge in [0, 0.05) is 34.5 Å². The number of aryl methyl sites for hydroxylation is 2. The molecule has 0 radical (unpaired) electrons. The second kappa shape index (κ2) is 5.49. The molecule has 0 amide bonds. The Morgan fingerprint density at radius 2 is 2.04 bits per heavy atom. The Morgan fingerprint density at radius 3 is 2.87 bits per heavy atom. The zero-order valence-electron chi connectivity index (χ0n) is 13.1. The van der Waals surface area contributed by atoms with Gasteiger partial charge in [0.1, 0.15) is 5.82 Å². The van der Waals surface area contributed by atoms with E-state index in [1.165, 1.54) is 16.7 Å². The second-order valence-electron chi connectivity index (χ2n) is 5.95. The molecule has 0 saturated heterocycles. The molecule has 0 saturated carbocycles. The highest BCUT2D eigenvalue weighted by atomic mass is 79.9. The van der Waals surface area contributed by atoms with E-state index in [1.807, 2.05) is 10.9 Å². The minimum Gasteiger partial charge on any atom is -0.369 e. The van der Waals surface area contributed by atoms with Crippen LogP contribution in [0.1, 0.15) is 16.7 Å². The monoisotopic (exact) mass is 368 g/mol. The smallest absolute Gasteiger partial charge is 0.133 e. The largest absolute Gasteiger partial charge is 0.369 e. The van der Waals surface area contributed by atoms with Crippen molar-refractivity contribution >= 4 is 21.7 Å². The molecule has 1 aliphatic heterocycles. The molecule has 1 aliphatic rings. The van der Waals surface area contributed by atoms with Crippen LogP contribution in [-0.4, -0.2) is 21.3 Å². The highest BCUT2D eigenvalue weighted by molar-refractivity contribution is 9.10. The number of aromatic nitrogens is 3. The predicted octanol–water partition coefficient (Wildman–Crippen LogP) is 4.28. The summed E-state index contributed by atoms with van der Waals surface area (Å²) >= 11 is 3.50. The maximum absolute atomic E-state index is 4.91. The van der Waals surface area contributed by atoms with Gasteiger partial charge in [0.15, 0.2) is 0 Å². The number of benzene rings is 1. The van der Waals surface area contributed by atoms with Crippen molar-refractivity contribution in [3.05, 3.63) is 57.8 Å². The van der Waals surface area contributed by atoms with Crippen LogP contribution in [0.15, 0.2) is 41.1 Å². The second-order valence-corrected chi connectivity index (χ2v) is 6.86. The summed E-state index contributed by atoms with van der Waals surface area (Å²) in [6.45, 7) is 5.18. The van der Waals surface area contributed by atoms with E-state index in [2.05, 4.69) is 64.3 Å². The maximum Gasteiger partial charge on any atom is 0.133 e. The first-order valence-corrected chi connectivity index (χ1v) is 8.47. The number of rotatable bonds is 2. The molecular weight excluding hydrogens is 352 g/mol. The van der Waals surface area contributed by atoms with Crippen molar-refractivity contribution in [2.24, 2.45) is 0 Å². The zero-order valence-corrected chi connectivity index (χ0v) is 14.7. The van der Waals surface area contributed by atoms with Gasteiger partial charge in [0.05, 0.1) is 11.4 Å². The summed E-state index contributed by atoms with van der Waals surface area (Å²) < 4.78 is 3.01. The summed E-state index contributed by atoms with van der Waals surface area (Å²) in [6, 6.07) is 8.54. The third kappa shape index (κ3) is 2.45. The molecule has 1 aromatic carbocycles. The Bertz CT molecular complexity index is 898. The van der Waals surface area contributed by atoms with Crippen molar-refractivity contribution in [3.8, 4) is 16.9 Å². The summed E-state index contributed by atoms with van der Waals surface area (Å²) in [7, 11) is 0. The van der Waals surface area contributed by atoms with E-state index < -0.39 is 0 Å².